The Morgan fingerprint density at radius 2 is 1.87 bits per heavy atom. The Bertz CT molecular complexity index is 464. The Labute approximate surface area is 109 Å². The van der Waals surface area contributed by atoms with E-state index in [9.17, 15) is 0 Å². The summed E-state index contributed by atoms with van der Waals surface area (Å²) in [5.74, 6) is 1.53. The molecule has 0 aliphatic heterocycles. The summed E-state index contributed by atoms with van der Waals surface area (Å²) < 4.78 is 7.41. The lowest BCUT2D eigenvalue weighted by atomic mass is 10.2. The second-order valence-electron chi connectivity index (χ2n) is 2.91. The highest BCUT2D eigenvalue weighted by Gasteiger charge is 2.06. The van der Waals surface area contributed by atoms with Gasteiger partial charge >= 0.3 is 0 Å². The summed E-state index contributed by atoms with van der Waals surface area (Å²) in [5, 5.41) is 0. The lowest BCUT2D eigenvalue weighted by molar-refractivity contribution is 0.528. The van der Waals surface area contributed by atoms with E-state index in [4.69, 9.17) is 16.0 Å². The summed E-state index contributed by atoms with van der Waals surface area (Å²) in [5.41, 5.74) is 0.958. The van der Waals surface area contributed by atoms with Gasteiger partial charge in [-0.15, -0.1) is 11.6 Å². The predicted octanol–water partition coefficient (Wildman–Crippen LogP) is 4.61. The maximum absolute atomic E-state index is 5.62. The van der Waals surface area contributed by atoms with Crippen molar-refractivity contribution in [2.75, 3.05) is 0 Å². The van der Waals surface area contributed by atoms with Crippen molar-refractivity contribution in [2.45, 2.75) is 5.88 Å². The number of aromatic nitrogens is 1. The predicted molar refractivity (Wildman–Crippen MR) is 66.9 cm³/mol. The van der Waals surface area contributed by atoms with Crippen LogP contribution in [-0.4, -0.2) is 4.98 Å². The first-order valence-corrected chi connectivity index (χ1v) is 6.28. The van der Waals surface area contributed by atoms with Crippen LogP contribution in [0.2, 0.25) is 0 Å². The molecular formula is C10H6Br2ClNO. The maximum atomic E-state index is 5.62. The van der Waals surface area contributed by atoms with Crippen LogP contribution in [0.1, 0.15) is 5.89 Å². The van der Waals surface area contributed by atoms with Gasteiger partial charge in [-0.05, 0) is 18.2 Å². The van der Waals surface area contributed by atoms with Gasteiger partial charge in [-0.1, -0.05) is 31.9 Å². The largest absolute Gasteiger partial charge is 0.439 e. The van der Waals surface area contributed by atoms with Crippen LogP contribution < -0.4 is 0 Å². The maximum Gasteiger partial charge on any atom is 0.209 e. The van der Waals surface area contributed by atoms with Crippen molar-refractivity contribution in [2.24, 2.45) is 0 Å². The van der Waals surface area contributed by atoms with Crippen molar-refractivity contribution in [3.63, 3.8) is 0 Å². The molecule has 0 aliphatic rings. The molecule has 2 aromatic rings. The monoisotopic (exact) mass is 349 g/mol. The number of hydrogen-bond acceptors (Lipinski definition) is 2. The molecule has 0 unspecified atom stereocenters. The zero-order valence-corrected chi connectivity index (χ0v) is 11.4. The summed E-state index contributed by atoms with van der Waals surface area (Å²) in [6.45, 7) is 0. The van der Waals surface area contributed by atoms with E-state index < -0.39 is 0 Å². The molecule has 0 atom stereocenters. The zero-order chi connectivity index (χ0) is 10.8. The highest BCUT2D eigenvalue weighted by atomic mass is 79.9. The lowest BCUT2D eigenvalue weighted by Crippen LogP contribution is -1.75. The van der Waals surface area contributed by atoms with Gasteiger partial charge in [-0.3, -0.25) is 0 Å². The number of oxazole rings is 1. The molecule has 0 N–H and O–H groups in total. The Kier molecular flexibility index (Phi) is 3.49. The Morgan fingerprint density at radius 1 is 1.20 bits per heavy atom. The summed E-state index contributed by atoms with van der Waals surface area (Å²) in [4.78, 5) is 4.04. The van der Waals surface area contributed by atoms with Crippen molar-refractivity contribution in [3.8, 4) is 11.3 Å². The third kappa shape index (κ3) is 2.62. The van der Waals surface area contributed by atoms with Crippen molar-refractivity contribution < 1.29 is 4.42 Å². The van der Waals surface area contributed by atoms with Crippen molar-refractivity contribution in [3.05, 3.63) is 39.2 Å². The van der Waals surface area contributed by atoms with E-state index in [-0.39, 0.29) is 5.88 Å². The smallest absolute Gasteiger partial charge is 0.209 e. The molecule has 0 radical (unpaired) electrons. The van der Waals surface area contributed by atoms with Gasteiger partial charge in [0.1, 0.15) is 0 Å². The molecule has 15 heavy (non-hydrogen) atoms. The summed E-state index contributed by atoms with van der Waals surface area (Å²) >= 11 is 12.4. The van der Waals surface area contributed by atoms with Gasteiger partial charge in [0.05, 0.1) is 12.1 Å². The number of alkyl halides is 1. The Balaban J connectivity index is 2.44. The molecule has 0 amide bonds. The summed E-state index contributed by atoms with van der Waals surface area (Å²) in [6, 6.07) is 5.88. The highest BCUT2D eigenvalue weighted by Crippen LogP contribution is 2.28. The third-order valence-electron chi connectivity index (χ3n) is 1.81. The number of hydrogen-bond donors (Lipinski definition) is 0. The van der Waals surface area contributed by atoms with E-state index in [0.717, 1.165) is 14.5 Å². The molecule has 0 aliphatic carbocycles. The molecule has 78 valence electrons. The van der Waals surface area contributed by atoms with Crippen LogP contribution >= 0.6 is 43.5 Å². The average Bonchev–Trinajstić information content (AvgIpc) is 2.64. The van der Waals surface area contributed by atoms with Gasteiger partial charge in [0.15, 0.2) is 5.76 Å². The van der Waals surface area contributed by atoms with Crippen LogP contribution in [0.25, 0.3) is 11.3 Å². The van der Waals surface area contributed by atoms with Crippen LogP contribution in [0.4, 0.5) is 0 Å². The molecule has 0 saturated carbocycles. The van der Waals surface area contributed by atoms with Gasteiger partial charge in [0.2, 0.25) is 5.89 Å². The molecule has 1 aromatic carbocycles. The van der Waals surface area contributed by atoms with Gasteiger partial charge in [0.25, 0.3) is 0 Å². The van der Waals surface area contributed by atoms with E-state index in [1.807, 2.05) is 18.2 Å². The van der Waals surface area contributed by atoms with Gasteiger partial charge in [0, 0.05) is 14.5 Å². The van der Waals surface area contributed by atoms with Crippen molar-refractivity contribution >= 4 is 43.5 Å². The van der Waals surface area contributed by atoms with Gasteiger partial charge in [-0.25, -0.2) is 4.98 Å². The third-order valence-corrected chi connectivity index (χ3v) is 2.96. The molecular weight excluding hydrogens is 345 g/mol. The second-order valence-corrected chi connectivity index (χ2v) is 5.01. The minimum absolute atomic E-state index is 0.287. The molecule has 1 heterocycles. The molecule has 0 spiro atoms. The molecule has 2 nitrogen and oxygen atoms in total. The van der Waals surface area contributed by atoms with Gasteiger partial charge < -0.3 is 4.42 Å². The molecule has 2 rings (SSSR count). The number of nitrogens with zero attached hydrogens (tertiary/aromatic N) is 1. The summed E-state index contributed by atoms with van der Waals surface area (Å²) in [6.07, 6.45) is 1.67. The second kappa shape index (κ2) is 4.68. The standard InChI is InChI=1S/C10H6Br2ClNO/c11-7-1-6(2-8(12)3-7)9-5-14-10(4-13)15-9/h1-3,5H,4H2. The quantitative estimate of drug-likeness (QED) is 0.739. The van der Waals surface area contributed by atoms with E-state index >= 15 is 0 Å². The van der Waals surface area contributed by atoms with E-state index in [0.29, 0.717) is 11.7 Å². The van der Waals surface area contributed by atoms with Crippen LogP contribution in [0, 0.1) is 0 Å². The molecule has 0 fully saturated rings. The van der Waals surface area contributed by atoms with Crippen molar-refractivity contribution in [1.82, 2.24) is 4.98 Å². The van der Waals surface area contributed by atoms with E-state index in [1.54, 1.807) is 6.20 Å². The van der Waals surface area contributed by atoms with Crippen LogP contribution in [0.15, 0.2) is 37.8 Å². The van der Waals surface area contributed by atoms with Crippen LogP contribution in [0.5, 0.6) is 0 Å². The fourth-order valence-electron chi connectivity index (χ4n) is 1.20. The number of rotatable bonds is 2. The number of halogens is 3. The van der Waals surface area contributed by atoms with Crippen LogP contribution in [0.3, 0.4) is 0 Å². The fraction of sp³-hybridized carbons (Fsp3) is 0.100. The minimum atomic E-state index is 0.287. The van der Waals surface area contributed by atoms with E-state index in [2.05, 4.69) is 36.8 Å². The highest BCUT2D eigenvalue weighted by molar-refractivity contribution is 9.11. The minimum Gasteiger partial charge on any atom is -0.439 e. The SMILES string of the molecule is ClCc1ncc(-c2cc(Br)cc(Br)c2)o1. The molecule has 0 bridgehead atoms. The lowest BCUT2D eigenvalue weighted by Gasteiger charge is -1.98. The zero-order valence-electron chi connectivity index (χ0n) is 7.51. The van der Waals surface area contributed by atoms with Gasteiger partial charge in [-0.2, -0.15) is 0 Å². The normalized spacial score (nSPS) is 10.6. The Hall–Kier alpha value is -0.320. The molecule has 0 saturated heterocycles. The fourth-order valence-corrected chi connectivity index (χ4v) is 2.62. The van der Waals surface area contributed by atoms with Crippen molar-refractivity contribution in [1.29, 1.82) is 0 Å². The Morgan fingerprint density at radius 3 is 2.40 bits per heavy atom. The number of benzene rings is 1. The summed E-state index contributed by atoms with van der Waals surface area (Å²) in [7, 11) is 0. The molecule has 5 heteroatoms. The first-order chi connectivity index (χ1) is 7.19. The average molecular weight is 351 g/mol. The van der Waals surface area contributed by atoms with Crippen LogP contribution in [-0.2, 0) is 5.88 Å². The molecule has 1 aromatic heterocycles. The first kappa shape index (κ1) is 11.2. The van der Waals surface area contributed by atoms with E-state index in [1.165, 1.54) is 0 Å². The first-order valence-electron chi connectivity index (χ1n) is 4.16. The topological polar surface area (TPSA) is 26.0 Å².